The molecule has 5 nitrogen and oxygen atoms in total. The molecule has 0 saturated heterocycles. The average Bonchev–Trinajstić information content (AvgIpc) is 1.98. The van der Waals surface area contributed by atoms with Crippen molar-refractivity contribution in [2.45, 2.75) is 0 Å². The van der Waals surface area contributed by atoms with Crippen LogP contribution in [-0.2, 0) is 11.8 Å². The maximum Gasteiger partial charge on any atom is 0.350 e. The summed E-state index contributed by atoms with van der Waals surface area (Å²) in [6.45, 7) is 0.224. The number of aromatic nitrogens is 2. The summed E-state index contributed by atoms with van der Waals surface area (Å²) >= 11 is 0. The molecule has 0 N–H and O–H groups in total. The number of aryl methyl sites for hydroxylation is 1. The molecule has 1 aromatic heterocycles. The third-order valence-electron chi connectivity index (χ3n) is 1.12. The van der Waals surface area contributed by atoms with E-state index in [4.69, 9.17) is 0 Å². The molecule has 11 heavy (non-hydrogen) atoms. The second-order valence-electron chi connectivity index (χ2n) is 1.87. The monoisotopic (exact) mass is 154 g/mol. The lowest BCUT2D eigenvalue weighted by atomic mass is 10.6. The highest BCUT2D eigenvalue weighted by molar-refractivity contribution is 5.42. The summed E-state index contributed by atoms with van der Waals surface area (Å²) < 4.78 is 5.61. The molecule has 0 aliphatic rings. The van der Waals surface area contributed by atoms with Gasteiger partial charge in [0.1, 0.15) is 0 Å². The van der Waals surface area contributed by atoms with Crippen molar-refractivity contribution in [2.24, 2.45) is 7.05 Å². The van der Waals surface area contributed by atoms with Gasteiger partial charge in [0.25, 0.3) is 6.47 Å². The number of rotatable bonds is 2. The standard InChI is InChI=1S/C6H6N2O3/c1-8-3-2-5(11-4-9)7-6(8)10/h2-4H,1H3. The van der Waals surface area contributed by atoms with Gasteiger partial charge in [0.2, 0.25) is 5.88 Å². The molecule has 0 aliphatic carbocycles. The molecule has 5 heteroatoms. The average molecular weight is 154 g/mol. The first-order valence-corrected chi connectivity index (χ1v) is 2.88. The van der Waals surface area contributed by atoms with Crippen LogP contribution in [0, 0.1) is 0 Å². The van der Waals surface area contributed by atoms with E-state index in [0.29, 0.717) is 0 Å². The summed E-state index contributed by atoms with van der Waals surface area (Å²) in [6.07, 6.45) is 1.47. The Bertz CT molecular complexity index is 318. The zero-order valence-corrected chi connectivity index (χ0v) is 5.85. The molecule has 0 aliphatic heterocycles. The normalized spacial score (nSPS) is 9.18. The van der Waals surface area contributed by atoms with E-state index < -0.39 is 5.69 Å². The lowest BCUT2D eigenvalue weighted by molar-refractivity contribution is -0.120. The molecular formula is C6H6N2O3. The molecule has 0 fully saturated rings. The predicted octanol–water partition coefficient (Wildman–Crippen LogP) is -0.685. The van der Waals surface area contributed by atoms with Crippen LogP contribution in [0.3, 0.4) is 0 Å². The lowest BCUT2D eigenvalue weighted by Crippen LogP contribution is -2.19. The fourth-order valence-electron chi connectivity index (χ4n) is 0.565. The van der Waals surface area contributed by atoms with Crippen molar-refractivity contribution in [1.82, 2.24) is 9.55 Å². The van der Waals surface area contributed by atoms with Gasteiger partial charge in [-0.05, 0) is 0 Å². The molecule has 0 unspecified atom stereocenters. The van der Waals surface area contributed by atoms with Crippen LogP contribution in [0.5, 0.6) is 5.88 Å². The van der Waals surface area contributed by atoms with Gasteiger partial charge >= 0.3 is 5.69 Å². The van der Waals surface area contributed by atoms with Gasteiger partial charge in [-0.1, -0.05) is 0 Å². The maximum atomic E-state index is 10.8. The summed E-state index contributed by atoms with van der Waals surface area (Å²) in [5.41, 5.74) is -0.454. The summed E-state index contributed by atoms with van der Waals surface area (Å²) in [4.78, 5) is 24.0. The third-order valence-corrected chi connectivity index (χ3v) is 1.12. The van der Waals surface area contributed by atoms with E-state index in [-0.39, 0.29) is 12.4 Å². The van der Waals surface area contributed by atoms with Crippen LogP contribution in [0.15, 0.2) is 17.1 Å². The zero-order chi connectivity index (χ0) is 8.27. The number of nitrogens with zero attached hydrogens (tertiary/aromatic N) is 2. The summed E-state index contributed by atoms with van der Waals surface area (Å²) in [5, 5.41) is 0. The van der Waals surface area contributed by atoms with Gasteiger partial charge in [0, 0.05) is 19.3 Å². The van der Waals surface area contributed by atoms with E-state index in [9.17, 15) is 9.59 Å². The first-order valence-electron chi connectivity index (χ1n) is 2.88. The summed E-state index contributed by atoms with van der Waals surface area (Å²) in [7, 11) is 1.56. The van der Waals surface area contributed by atoms with Gasteiger partial charge in [0.15, 0.2) is 0 Å². The summed E-state index contributed by atoms with van der Waals surface area (Å²) in [6, 6.07) is 1.43. The lowest BCUT2D eigenvalue weighted by Gasteiger charge is -1.96. The van der Waals surface area contributed by atoms with Gasteiger partial charge in [-0.3, -0.25) is 4.79 Å². The predicted molar refractivity (Wildman–Crippen MR) is 36.2 cm³/mol. The van der Waals surface area contributed by atoms with Crippen molar-refractivity contribution in [3.63, 3.8) is 0 Å². The first kappa shape index (κ1) is 7.46. The minimum atomic E-state index is -0.454. The molecule has 0 aromatic carbocycles. The molecule has 0 saturated carbocycles. The highest BCUT2D eigenvalue weighted by Gasteiger charge is 1.95. The smallest absolute Gasteiger partial charge is 0.350 e. The molecule has 1 aromatic rings. The van der Waals surface area contributed by atoms with Crippen molar-refractivity contribution >= 4 is 6.47 Å². The Labute approximate surface area is 62.2 Å². The van der Waals surface area contributed by atoms with Crippen LogP contribution >= 0.6 is 0 Å². The highest BCUT2D eigenvalue weighted by Crippen LogP contribution is 1.97. The Morgan fingerprint density at radius 1 is 1.73 bits per heavy atom. The Morgan fingerprint density at radius 3 is 3.00 bits per heavy atom. The van der Waals surface area contributed by atoms with E-state index in [0.717, 1.165) is 0 Å². The van der Waals surface area contributed by atoms with Crippen molar-refractivity contribution in [3.05, 3.63) is 22.7 Å². The third kappa shape index (κ3) is 1.64. The topological polar surface area (TPSA) is 61.2 Å². The van der Waals surface area contributed by atoms with E-state index in [2.05, 4.69) is 9.72 Å². The molecule has 0 atom stereocenters. The molecule has 0 radical (unpaired) electrons. The number of ether oxygens (including phenoxy) is 1. The maximum absolute atomic E-state index is 10.8. The molecule has 1 heterocycles. The Kier molecular flexibility index (Phi) is 2.00. The van der Waals surface area contributed by atoms with Gasteiger partial charge < -0.3 is 9.30 Å². The largest absolute Gasteiger partial charge is 0.409 e. The van der Waals surface area contributed by atoms with Gasteiger partial charge in [0.05, 0.1) is 0 Å². The number of hydrogen-bond donors (Lipinski definition) is 0. The second-order valence-corrected chi connectivity index (χ2v) is 1.87. The minimum absolute atomic E-state index is 0.0168. The van der Waals surface area contributed by atoms with Crippen LogP contribution in [0.4, 0.5) is 0 Å². The van der Waals surface area contributed by atoms with Crippen molar-refractivity contribution in [2.75, 3.05) is 0 Å². The number of carbonyl (C=O) groups is 1. The molecule has 1 rings (SSSR count). The molecule has 0 amide bonds. The summed E-state index contributed by atoms with van der Waals surface area (Å²) in [5.74, 6) is 0.0168. The van der Waals surface area contributed by atoms with Crippen molar-refractivity contribution < 1.29 is 9.53 Å². The van der Waals surface area contributed by atoms with Crippen LogP contribution in [0.2, 0.25) is 0 Å². The van der Waals surface area contributed by atoms with Crippen LogP contribution in [0.25, 0.3) is 0 Å². The van der Waals surface area contributed by atoms with Crippen molar-refractivity contribution in [3.8, 4) is 5.88 Å². The Hall–Kier alpha value is -1.65. The number of hydrogen-bond acceptors (Lipinski definition) is 4. The zero-order valence-electron chi connectivity index (χ0n) is 5.85. The van der Waals surface area contributed by atoms with Crippen molar-refractivity contribution in [1.29, 1.82) is 0 Å². The molecule has 58 valence electrons. The van der Waals surface area contributed by atoms with Crippen LogP contribution in [0.1, 0.15) is 0 Å². The van der Waals surface area contributed by atoms with E-state index in [1.165, 1.54) is 16.8 Å². The highest BCUT2D eigenvalue weighted by atomic mass is 16.5. The van der Waals surface area contributed by atoms with E-state index in [1.807, 2.05) is 0 Å². The van der Waals surface area contributed by atoms with E-state index >= 15 is 0 Å². The molecule has 0 bridgehead atoms. The SMILES string of the molecule is Cn1ccc(OC=O)nc1=O. The van der Waals surface area contributed by atoms with Crippen LogP contribution in [-0.4, -0.2) is 16.0 Å². The number of carbonyl (C=O) groups excluding carboxylic acids is 1. The van der Waals surface area contributed by atoms with E-state index in [1.54, 1.807) is 7.05 Å². The minimum Gasteiger partial charge on any atom is -0.409 e. The second kappa shape index (κ2) is 2.96. The van der Waals surface area contributed by atoms with Crippen LogP contribution < -0.4 is 10.4 Å². The van der Waals surface area contributed by atoms with Gasteiger partial charge in [-0.25, -0.2) is 4.79 Å². The quantitative estimate of drug-likeness (QED) is 0.529. The fourth-order valence-corrected chi connectivity index (χ4v) is 0.565. The first-order chi connectivity index (χ1) is 5.24. The fraction of sp³-hybridized carbons (Fsp3) is 0.167. The molecular weight excluding hydrogens is 148 g/mol. The Morgan fingerprint density at radius 2 is 2.45 bits per heavy atom. The van der Waals surface area contributed by atoms with Gasteiger partial charge in [-0.2, -0.15) is 4.98 Å². The molecule has 0 spiro atoms. The van der Waals surface area contributed by atoms with Gasteiger partial charge in [-0.15, -0.1) is 0 Å². The Balaban J connectivity index is 3.05.